The van der Waals surface area contributed by atoms with Crippen molar-refractivity contribution in [1.82, 2.24) is 19.9 Å². The summed E-state index contributed by atoms with van der Waals surface area (Å²) in [4.78, 5) is 16.5. The number of aromatic nitrogens is 3. The van der Waals surface area contributed by atoms with E-state index in [2.05, 4.69) is 31.3 Å². The highest BCUT2D eigenvalue weighted by atomic mass is 79.9. The highest BCUT2D eigenvalue weighted by molar-refractivity contribution is 9.10. The summed E-state index contributed by atoms with van der Waals surface area (Å²) in [5.74, 6) is 0.586. The van der Waals surface area contributed by atoms with Crippen LogP contribution in [0.2, 0.25) is 0 Å². The lowest BCUT2D eigenvalue weighted by molar-refractivity contribution is 0.0945. The van der Waals surface area contributed by atoms with Gasteiger partial charge in [0.05, 0.1) is 28.5 Å². The molecule has 0 radical (unpaired) electrons. The molecule has 3 rings (SSSR count). The molecule has 0 bridgehead atoms. The van der Waals surface area contributed by atoms with Crippen molar-refractivity contribution in [2.75, 3.05) is 13.2 Å². The van der Waals surface area contributed by atoms with Crippen LogP contribution in [0.1, 0.15) is 16.1 Å². The van der Waals surface area contributed by atoms with Crippen LogP contribution < -0.4 is 10.1 Å². The normalized spacial score (nSPS) is 10.7. The standard InChI is InChI=1S/C16H15BrN4O2/c1-11-13(9-19-15-14(17)10-20-21(11)15)16(22)18-7-8-23-12-5-3-2-4-6-12/h2-6,9-10H,7-8H2,1H3,(H,18,22). The Bertz CT molecular complexity index is 833. The lowest BCUT2D eigenvalue weighted by Crippen LogP contribution is -2.29. The van der Waals surface area contributed by atoms with Crippen LogP contribution in [-0.4, -0.2) is 33.7 Å². The summed E-state index contributed by atoms with van der Waals surface area (Å²) in [5, 5.41) is 7.02. The number of aryl methyl sites for hydroxylation is 1. The molecule has 1 N–H and O–H groups in total. The lowest BCUT2D eigenvalue weighted by Gasteiger charge is -2.09. The minimum absolute atomic E-state index is 0.194. The Morgan fingerprint density at radius 2 is 2.09 bits per heavy atom. The van der Waals surface area contributed by atoms with E-state index in [0.717, 1.165) is 15.9 Å². The van der Waals surface area contributed by atoms with Crippen molar-refractivity contribution in [3.05, 3.63) is 58.5 Å². The summed E-state index contributed by atoms with van der Waals surface area (Å²) in [6.07, 6.45) is 3.22. The summed E-state index contributed by atoms with van der Waals surface area (Å²) in [5.41, 5.74) is 1.92. The van der Waals surface area contributed by atoms with Gasteiger partial charge in [-0.2, -0.15) is 5.10 Å². The third kappa shape index (κ3) is 3.34. The van der Waals surface area contributed by atoms with Crippen LogP contribution >= 0.6 is 15.9 Å². The van der Waals surface area contributed by atoms with Crippen LogP contribution in [0, 0.1) is 6.92 Å². The smallest absolute Gasteiger partial charge is 0.254 e. The molecule has 0 saturated carbocycles. The number of hydrogen-bond donors (Lipinski definition) is 1. The van der Waals surface area contributed by atoms with E-state index in [9.17, 15) is 4.79 Å². The molecule has 0 spiro atoms. The molecule has 7 heteroatoms. The molecule has 0 saturated heterocycles. The Hall–Kier alpha value is -2.41. The van der Waals surface area contributed by atoms with Crippen molar-refractivity contribution in [2.24, 2.45) is 0 Å². The van der Waals surface area contributed by atoms with Crippen LogP contribution in [0.25, 0.3) is 5.65 Å². The number of carbonyl (C=O) groups excluding carboxylic acids is 1. The van der Waals surface area contributed by atoms with Crippen molar-refractivity contribution >= 4 is 27.5 Å². The molecule has 1 amide bonds. The molecule has 2 aromatic heterocycles. The SMILES string of the molecule is Cc1c(C(=O)NCCOc2ccccc2)cnc2c(Br)cnn12. The number of para-hydroxylation sites is 1. The molecule has 0 aliphatic heterocycles. The maximum atomic E-state index is 12.3. The highest BCUT2D eigenvalue weighted by Gasteiger charge is 2.14. The van der Waals surface area contributed by atoms with Gasteiger partial charge in [0.15, 0.2) is 5.65 Å². The second-order valence-electron chi connectivity index (χ2n) is 4.90. The zero-order chi connectivity index (χ0) is 16.2. The van der Waals surface area contributed by atoms with E-state index in [1.165, 1.54) is 0 Å². The van der Waals surface area contributed by atoms with Crippen molar-refractivity contribution < 1.29 is 9.53 Å². The Labute approximate surface area is 141 Å². The molecule has 0 aliphatic rings. The molecule has 2 heterocycles. The van der Waals surface area contributed by atoms with Gasteiger partial charge in [-0.15, -0.1) is 0 Å². The van der Waals surface area contributed by atoms with Gasteiger partial charge in [-0.05, 0) is 35.0 Å². The first kappa shape index (κ1) is 15.5. The number of amides is 1. The van der Waals surface area contributed by atoms with Gasteiger partial charge in [0.25, 0.3) is 5.91 Å². The minimum Gasteiger partial charge on any atom is -0.492 e. The van der Waals surface area contributed by atoms with E-state index >= 15 is 0 Å². The predicted molar refractivity (Wildman–Crippen MR) is 89.7 cm³/mol. The zero-order valence-electron chi connectivity index (χ0n) is 12.5. The largest absolute Gasteiger partial charge is 0.492 e. The number of fused-ring (bicyclic) bond motifs is 1. The summed E-state index contributed by atoms with van der Waals surface area (Å²) in [6, 6.07) is 9.48. The van der Waals surface area contributed by atoms with E-state index in [-0.39, 0.29) is 5.91 Å². The fourth-order valence-electron chi connectivity index (χ4n) is 2.19. The fourth-order valence-corrected chi connectivity index (χ4v) is 2.55. The number of benzene rings is 1. The molecule has 3 aromatic rings. The first-order valence-corrected chi connectivity index (χ1v) is 7.91. The summed E-state index contributed by atoms with van der Waals surface area (Å²) in [6.45, 7) is 2.65. The second kappa shape index (κ2) is 6.78. The van der Waals surface area contributed by atoms with E-state index in [1.807, 2.05) is 37.3 Å². The van der Waals surface area contributed by atoms with Gasteiger partial charge >= 0.3 is 0 Å². The zero-order valence-corrected chi connectivity index (χ0v) is 14.1. The van der Waals surface area contributed by atoms with Crippen molar-refractivity contribution in [2.45, 2.75) is 6.92 Å². The maximum Gasteiger partial charge on any atom is 0.254 e. The minimum atomic E-state index is -0.194. The monoisotopic (exact) mass is 374 g/mol. The lowest BCUT2D eigenvalue weighted by atomic mass is 10.2. The summed E-state index contributed by atoms with van der Waals surface area (Å²) in [7, 11) is 0. The molecule has 0 aliphatic carbocycles. The Kier molecular flexibility index (Phi) is 4.57. The topological polar surface area (TPSA) is 68.5 Å². The van der Waals surface area contributed by atoms with E-state index < -0.39 is 0 Å². The van der Waals surface area contributed by atoms with E-state index in [1.54, 1.807) is 16.9 Å². The molecule has 0 fully saturated rings. The Morgan fingerprint density at radius 3 is 2.87 bits per heavy atom. The Balaban J connectivity index is 1.61. The third-order valence-corrected chi connectivity index (χ3v) is 3.93. The molecule has 0 atom stereocenters. The van der Waals surface area contributed by atoms with Gasteiger partial charge in [0.1, 0.15) is 12.4 Å². The number of rotatable bonds is 5. The number of hydrogen-bond acceptors (Lipinski definition) is 4. The Morgan fingerprint density at radius 1 is 1.30 bits per heavy atom. The summed E-state index contributed by atoms with van der Waals surface area (Å²) < 4.78 is 7.98. The number of nitrogens with one attached hydrogen (secondary N) is 1. The molecule has 6 nitrogen and oxygen atoms in total. The number of carbonyl (C=O) groups is 1. The molecule has 0 unspecified atom stereocenters. The first-order chi connectivity index (χ1) is 11.2. The fraction of sp³-hybridized carbons (Fsp3) is 0.188. The molecular weight excluding hydrogens is 360 g/mol. The van der Waals surface area contributed by atoms with Crippen molar-refractivity contribution in [3.8, 4) is 5.75 Å². The third-order valence-electron chi connectivity index (χ3n) is 3.37. The quantitative estimate of drug-likeness (QED) is 0.697. The second-order valence-corrected chi connectivity index (χ2v) is 5.76. The van der Waals surface area contributed by atoms with Crippen LogP contribution in [0.4, 0.5) is 0 Å². The van der Waals surface area contributed by atoms with Crippen LogP contribution in [0.3, 0.4) is 0 Å². The van der Waals surface area contributed by atoms with Gasteiger partial charge in [-0.25, -0.2) is 9.50 Å². The summed E-state index contributed by atoms with van der Waals surface area (Å²) >= 11 is 3.37. The van der Waals surface area contributed by atoms with Crippen LogP contribution in [0.15, 0.2) is 47.2 Å². The number of ether oxygens (including phenoxy) is 1. The highest BCUT2D eigenvalue weighted by Crippen LogP contribution is 2.17. The first-order valence-electron chi connectivity index (χ1n) is 7.11. The van der Waals surface area contributed by atoms with Crippen molar-refractivity contribution in [1.29, 1.82) is 0 Å². The van der Waals surface area contributed by atoms with Crippen molar-refractivity contribution in [3.63, 3.8) is 0 Å². The van der Waals surface area contributed by atoms with Gasteiger partial charge in [0, 0.05) is 6.20 Å². The number of halogens is 1. The van der Waals surface area contributed by atoms with E-state index in [4.69, 9.17) is 4.74 Å². The van der Waals surface area contributed by atoms with Gasteiger partial charge < -0.3 is 10.1 Å². The average molecular weight is 375 g/mol. The molecule has 23 heavy (non-hydrogen) atoms. The molecular formula is C16H15BrN4O2. The van der Waals surface area contributed by atoms with Gasteiger partial charge in [0.2, 0.25) is 0 Å². The maximum absolute atomic E-state index is 12.3. The number of nitrogens with zero attached hydrogens (tertiary/aromatic N) is 3. The van der Waals surface area contributed by atoms with Gasteiger partial charge in [-0.1, -0.05) is 18.2 Å². The average Bonchev–Trinajstić information content (AvgIpc) is 2.95. The molecule has 1 aromatic carbocycles. The molecule has 118 valence electrons. The predicted octanol–water partition coefficient (Wildman–Crippen LogP) is 2.61. The van der Waals surface area contributed by atoms with Crippen LogP contribution in [0.5, 0.6) is 5.75 Å². The van der Waals surface area contributed by atoms with Crippen LogP contribution in [-0.2, 0) is 0 Å². The van der Waals surface area contributed by atoms with Gasteiger partial charge in [-0.3, -0.25) is 4.79 Å². The van der Waals surface area contributed by atoms with E-state index in [0.29, 0.717) is 24.4 Å².